The normalized spacial score (nSPS) is 14.5. The Morgan fingerprint density at radius 1 is 0.909 bits per heavy atom. The minimum atomic E-state index is -0.243. The Balaban J connectivity index is 1.85. The standard InChI is InChI=1S/C26H23ClN2O4/c1-16-12-19(27)10-11-21(16)29-25(18-8-6-5-7-9-18)28-20(26(29)30)13-17-14-22(31-2)24(33-4)23(15-17)32-3/h5-15H,1-4H3. The zero-order valence-electron chi connectivity index (χ0n) is 18.8. The molecular formula is C26H23ClN2O4. The van der Waals surface area contributed by atoms with Crippen LogP contribution < -0.4 is 19.1 Å². The van der Waals surface area contributed by atoms with Crippen molar-refractivity contribution in [3.05, 3.63) is 88.1 Å². The minimum absolute atomic E-state index is 0.243. The number of aryl methyl sites for hydroxylation is 1. The van der Waals surface area contributed by atoms with Gasteiger partial charge in [-0.25, -0.2) is 4.99 Å². The summed E-state index contributed by atoms with van der Waals surface area (Å²) >= 11 is 6.15. The van der Waals surface area contributed by atoms with E-state index in [0.717, 1.165) is 16.8 Å². The summed E-state index contributed by atoms with van der Waals surface area (Å²) in [6, 6.07) is 18.6. The Labute approximate surface area is 197 Å². The number of halogens is 1. The van der Waals surface area contributed by atoms with Crippen LogP contribution in [0.3, 0.4) is 0 Å². The molecule has 3 aromatic carbocycles. The van der Waals surface area contributed by atoms with Gasteiger partial charge in [-0.3, -0.25) is 9.69 Å². The first-order valence-electron chi connectivity index (χ1n) is 10.2. The summed E-state index contributed by atoms with van der Waals surface area (Å²) in [5.41, 5.74) is 3.40. The second-order valence-electron chi connectivity index (χ2n) is 7.36. The van der Waals surface area contributed by atoms with Gasteiger partial charge in [0, 0.05) is 10.6 Å². The van der Waals surface area contributed by atoms with Gasteiger partial charge in [0.15, 0.2) is 11.5 Å². The molecule has 1 aliphatic heterocycles. The van der Waals surface area contributed by atoms with Gasteiger partial charge < -0.3 is 14.2 Å². The monoisotopic (exact) mass is 462 g/mol. The lowest BCUT2D eigenvalue weighted by molar-refractivity contribution is -0.113. The highest BCUT2D eigenvalue weighted by Gasteiger charge is 2.33. The second kappa shape index (κ2) is 9.38. The highest BCUT2D eigenvalue weighted by Crippen LogP contribution is 2.39. The number of benzene rings is 3. The molecule has 1 amide bonds. The smallest absolute Gasteiger partial charge is 0.282 e. The van der Waals surface area contributed by atoms with Crippen LogP contribution in [-0.4, -0.2) is 33.1 Å². The van der Waals surface area contributed by atoms with Crippen molar-refractivity contribution in [1.29, 1.82) is 0 Å². The number of ether oxygens (including phenoxy) is 3. The van der Waals surface area contributed by atoms with E-state index in [1.807, 2.05) is 49.4 Å². The number of nitrogens with zero attached hydrogens (tertiary/aromatic N) is 2. The van der Waals surface area contributed by atoms with Crippen LogP contribution in [0.4, 0.5) is 5.69 Å². The largest absolute Gasteiger partial charge is 0.493 e. The quantitative estimate of drug-likeness (QED) is 0.453. The van der Waals surface area contributed by atoms with Crippen molar-refractivity contribution in [3.63, 3.8) is 0 Å². The lowest BCUT2D eigenvalue weighted by Gasteiger charge is -2.20. The van der Waals surface area contributed by atoms with Gasteiger partial charge in [-0.1, -0.05) is 41.9 Å². The van der Waals surface area contributed by atoms with Gasteiger partial charge >= 0.3 is 0 Å². The minimum Gasteiger partial charge on any atom is -0.493 e. The number of methoxy groups -OCH3 is 3. The highest BCUT2D eigenvalue weighted by molar-refractivity contribution is 6.34. The van der Waals surface area contributed by atoms with Crippen molar-refractivity contribution in [1.82, 2.24) is 0 Å². The maximum Gasteiger partial charge on any atom is 0.282 e. The topological polar surface area (TPSA) is 60.4 Å². The predicted molar refractivity (Wildman–Crippen MR) is 131 cm³/mol. The van der Waals surface area contributed by atoms with Crippen LogP contribution in [0.1, 0.15) is 16.7 Å². The first-order valence-corrected chi connectivity index (χ1v) is 10.6. The molecule has 0 fully saturated rings. The SMILES string of the molecule is COc1cc(C=C2N=C(c3ccccc3)N(c3ccc(Cl)cc3C)C2=O)cc(OC)c1OC. The third kappa shape index (κ3) is 4.30. The Morgan fingerprint density at radius 2 is 1.58 bits per heavy atom. The van der Waals surface area contributed by atoms with Crippen LogP contribution in [0.15, 0.2) is 71.4 Å². The number of amides is 1. The molecule has 3 aromatic rings. The van der Waals surface area contributed by atoms with E-state index in [1.165, 1.54) is 0 Å². The lowest BCUT2D eigenvalue weighted by atomic mass is 10.1. The van der Waals surface area contributed by atoms with E-state index in [0.29, 0.717) is 33.7 Å². The molecule has 0 saturated heterocycles. The summed E-state index contributed by atoms with van der Waals surface area (Å²) in [6.45, 7) is 1.91. The molecule has 1 aliphatic rings. The predicted octanol–water partition coefficient (Wildman–Crippen LogP) is 5.51. The number of aliphatic imine (C=N–C) groups is 1. The van der Waals surface area contributed by atoms with E-state index in [9.17, 15) is 4.79 Å². The Bertz CT molecular complexity index is 1240. The average molecular weight is 463 g/mol. The van der Waals surface area contributed by atoms with E-state index < -0.39 is 0 Å². The van der Waals surface area contributed by atoms with E-state index in [1.54, 1.807) is 50.5 Å². The molecule has 6 nitrogen and oxygen atoms in total. The fourth-order valence-electron chi connectivity index (χ4n) is 3.73. The van der Waals surface area contributed by atoms with Crippen LogP contribution in [-0.2, 0) is 4.79 Å². The van der Waals surface area contributed by atoms with Crippen molar-refractivity contribution in [2.75, 3.05) is 26.2 Å². The van der Waals surface area contributed by atoms with Crippen molar-refractivity contribution < 1.29 is 19.0 Å². The number of rotatable bonds is 6. The number of anilines is 1. The molecule has 33 heavy (non-hydrogen) atoms. The molecule has 0 N–H and O–H groups in total. The zero-order chi connectivity index (χ0) is 23.5. The summed E-state index contributed by atoms with van der Waals surface area (Å²) in [7, 11) is 4.64. The Hall–Kier alpha value is -3.77. The number of amidine groups is 1. The van der Waals surface area contributed by atoms with Crippen LogP contribution in [0.5, 0.6) is 17.2 Å². The molecule has 168 valence electrons. The van der Waals surface area contributed by atoms with E-state index >= 15 is 0 Å². The van der Waals surface area contributed by atoms with Gasteiger partial charge in [-0.15, -0.1) is 0 Å². The fourth-order valence-corrected chi connectivity index (χ4v) is 3.96. The summed E-state index contributed by atoms with van der Waals surface area (Å²) < 4.78 is 16.3. The summed E-state index contributed by atoms with van der Waals surface area (Å²) in [5.74, 6) is 1.77. The van der Waals surface area contributed by atoms with E-state index in [-0.39, 0.29) is 11.6 Å². The highest BCUT2D eigenvalue weighted by atomic mass is 35.5. The van der Waals surface area contributed by atoms with Crippen molar-refractivity contribution in [2.24, 2.45) is 4.99 Å². The van der Waals surface area contributed by atoms with Crippen LogP contribution >= 0.6 is 11.6 Å². The van der Waals surface area contributed by atoms with Gasteiger partial charge in [0.25, 0.3) is 5.91 Å². The molecule has 0 spiro atoms. The molecule has 0 atom stereocenters. The molecular weight excluding hydrogens is 440 g/mol. The number of hydrogen-bond donors (Lipinski definition) is 0. The van der Waals surface area contributed by atoms with Gasteiger partial charge in [-0.05, 0) is 54.5 Å². The fraction of sp³-hybridized carbons (Fsp3) is 0.154. The van der Waals surface area contributed by atoms with Crippen LogP contribution in [0.2, 0.25) is 5.02 Å². The molecule has 0 aromatic heterocycles. The van der Waals surface area contributed by atoms with Crippen LogP contribution in [0, 0.1) is 6.92 Å². The maximum atomic E-state index is 13.6. The van der Waals surface area contributed by atoms with Gasteiger partial charge in [0.05, 0.1) is 27.0 Å². The molecule has 0 unspecified atom stereocenters. The van der Waals surface area contributed by atoms with Crippen molar-refractivity contribution in [3.8, 4) is 17.2 Å². The first kappa shape index (κ1) is 22.4. The maximum absolute atomic E-state index is 13.6. The molecule has 0 bridgehead atoms. The summed E-state index contributed by atoms with van der Waals surface area (Å²) in [5, 5.41) is 0.606. The molecule has 0 saturated carbocycles. The molecule has 7 heteroatoms. The molecule has 0 aliphatic carbocycles. The first-order chi connectivity index (χ1) is 16.0. The zero-order valence-corrected chi connectivity index (χ0v) is 19.5. The van der Waals surface area contributed by atoms with Crippen LogP contribution in [0.25, 0.3) is 6.08 Å². The second-order valence-corrected chi connectivity index (χ2v) is 7.80. The Morgan fingerprint density at radius 3 is 2.15 bits per heavy atom. The van der Waals surface area contributed by atoms with E-state index in [2.05, 4.69) is 0 Å². The third-order valence-electron chi connectivity index (χ3n) is 5.28. The molecule has 4 rings (SSSR count). The summed E-state index contributed by atoms with van der Waals surface area (Å²) in [4.78, 5) is 19.9. The van der Waals surface area contributed by atoms with Gasteiger partial charge in [0.1, 0.15) is 11.5 Å². The summed E-state index contributed by atoms with van der Waals surface area (Å²) in [6.07, 6.45) is 1.71. The Kier molecular flexibility index (Phi) is 6.38. The number of carbonyl (C=O) groups excluding carboxylic acids is 1. The van der Waals surface area contributed by atoms with Crippen molar-refractivity contribution >= 4 is 35.1 Å². The van der Waals surface area contributed by atoms with Crippen molar-refractivity contribution in [2.45, 2.75) is 6.92 Å². The number of hydrogen-bond acceptors (Lipinski definition) is 5. The third-order valence-corrected chi connectivity index (χ3v) is 5.52. The molecule has 1 heterocycles. The van der Waals surface area contributed by atoms with E-state index in [4.69, 9.17) is 30.8 Å². The molecule has 0 radical (unpaired) electrons. The van der Waals surface area contributed by atoms with Gasteiger partial charge in [-0.2, -0.15) is 0 Å². The number of carbonyl (C=O) groups is 1. The van der Waals surface area contributed by atoms with Gasteiger partial charge in [0.2, 0.25) is 5.75 Å². The lowest BCUT2D eigenvalue weighted by Crippen LogP contribution is -2.33. The average Bonchev–Trinajstić information content (AvgIpc) is 3.14.